The van der Waals surface area contributed by atoms with E-state index in [0.29, 0.717) is 5.92 Å². The van der Waals surface area contributed by atoms with Gasteiger partial charge in [0.25, 0.3) is 0 Å². The van der Waals surface area contributed by atoms with Gasteiger partial charge in [0.1, 0.15) is 5.54 Å². The minimum atomic E-state index is -0.429. The Bertz CT molecular complexity index is 451. The van der Waals surface area contributed by atoms with Crippen LogP contribution in [0.1, 0.15) is 38.2 Å². The molecule has 1 aromatic carbocycles. The van der Waals surface area contributed by atoms with Crippen molar-refractivity contribution < 1.29 is 0 Å². The maximum absolute atomic E-state index is 9.42. The average molecular weight is 271 g/mol. The van der Waals surface area contributed by atoms with Crippen molar-refractivity contribution in [3.63, 3.8) is 0 Å². The van der Waals surface area contributed by atoms with Gasteiger partial charge in [0.05, 0.1) is 6.07 Å². The van der Waals surface area contributed by atoms with Crippen LogP contribution in [0.3, 0.4) is 0 Å². The van der Waals surface area contributed by atoms with Crippen molar-refractivity contribution >= 4 is 0 Å². The molecule has 0 spiro atoms. The molecule has 3 heteroatoms. The van der Waals surface area contributed by atoms with E-state index >= 15 is 0 Å². The predicted octanol–water partition coefficient (Wildman–Crippen LogP) is 2.76. The van der Waals surface area contributed by atoms with Crippen molar-refractivity contribution in [3.05, 3.63) is 35.9 Å². The molecule has 2 rings (SSSR count). The summed E-state index contributed by atoms with van der Waals surface area (Å²) >= 11 is 0. The number of rotatable bonds is 6. The zero-order valence-corrected chi connectivity index (χ0v) is 12.6. The van der Waals surface area contributed by atoms with Gasteiger partial charge in [0, 0.05) is 13.1 Å². The molecule has 0 aliphatic carbocycles. The number of nitrogens with zero attached hydrogens (tertiary/aromatic N) is 2. The van der Waals surface area contributed by atoms with Crippen molar-refractivity contribution in [2.24, 2.45) is 0 Å². The lowest BCUT2D eigenvalue weighted by atomic mass is 9.98. The Morgan fingerprint density at radius 3 is 2.80 bits per heavy atom. The van der Waals surface area contributed by atoms with Gasteiger partial charge in [-0.25, -0.2) is 0 Å². The van der Waals surface area contributed by atoms with Crippen LogP contribution >= 0.6 is 0 Å². The Hall–Kier alpha value is -1.37. The smallest absolute Gasteiger partial charge is 0.116 e. The second-order valence-corrected chi connectivity index (χ2v) is 6.00. The van der Waals surface area contributed by atoms with Crippen LogP contribution in [0.2, 0.25) is 0 Å². The van der Waals surface area contributed by atoms with Crippen LogP contribution in [0.4, 0.5) is 0 Å². The van der Waals surface area contributed by atoms with E-state index in [4.69, 9.17) is 0 Å². The first kappa shape index (κ1) is 15.0. The van der Waals surface area contributed by atoms with Crippen molar-refractivity contribution in [1.82, 2.24) is 10.2 Å². The van der Waals surface area contributed by atoms with E-state index in [9.17, 15) is 5.26 Å². The van der Waals surface area contributed by atoms with Crippen LogP contribution in [0.15, 0.2) is 30.3 Å². The number of nitriles is 1. The van der Waals surface area contributed by atoms with Crippen molar-refractivity contribution in [3.8, 4) is 6.07 Å². The van der Waals surface area contributed by atoms with Crippen LogP contribution in [0, 0.1) is 11.3 Å². The van der Waals surface area contributed by atoms with Crippen LogP contribution in [0.5, 0.6) is 0 Å². The second-order valence-electron chi connectivity index (χ2n) is 6.00. The van der Waals surface area contributed by atoms with Crippen molar-refractivity contribution in [2.75, 3.05) is 26.2 Å². The van der Waals surface area contributed by atoms with Crippen LogP contribution < -0.4 is 5.32 Å². The van der Waals surface area contributed by atoms with Crippen molar-refractivity contribution in [1.29, 1.82) is 5.26 Å². The van der Waals surface area contributed by atoms with Gasteiger partial charge >= 0.3 is 0 Å². The third kappa shape index (κ3) is 3.82. The number of nitrogens with one attached hydrogen (secondary N) is 1. The van der Waals surface area contributed by atoms with Crippen LogP contribution in [-0.4, -0.2) is 36.6 Å². The summed E-state index contributed by atoms with van der Waals surface area (Å²) in [6, 6.07) is 13.2. The molecule has 1 N–H and O–H groups in total. The molecular formula is C17H25N3. The monoisotopic (exact) mass is 271 g/mol. The van der Waals surface area contributed by atoms with Gasteiger partial charge in [-0.15, -0.1) is 0 Å². The highest BCUT2D eigenvalue weighted by atomic mass is 15.2. The molecule has 1 aromatic rings. The maximum atomic E-state index is 9.42. The largest absolute Gasteiger partial charge is 0.300 e. The van der Waals surface area contributed by atoms with Gasteiger partial charge in [0.15, 0.2) is 0 Å². The standard InChI is InChI=1S/C17H25N3/c1-3-10-19-17(2,13-18)14-20-11-9-16(12-20)15-7-5-4-6-8-15/h4-8,16,19H,3,9-12,14H2,1-2H3. The molecule has 1 heterocycles. The van der Waals surface area contributed by atoms with Gasteiger partial charge in [-0.1, -0.05) is 37.3 Å². The third-order valence-electron chi connectivity index (χ3n) is 4.10. The van der Waals surface area contributed by atoms with E-state index in [1.54, 1.807) is 0 Å². The molecule has 2 unspecified atom stereocenters. The molecule has 108 valence electrons. The van der Waals surface area contributed by atoms with E-state index in [0.717, 1.165) is 32.6 Å². The minimum Gasteiger partial charge on any atom is -0.300 e. The molecule has 20 heavy (non-hydrogen) atoms. The molecule has 1 saturated heterocycles. The molecule has 0 saturated carbocycles. The van der Waals surface area contributed by atoms with Crippen LogP contribution in [0.25, 0.3) is 0 Å². The van der Waals surface area contributed by atoms with E-state index in [-0.39, 0.29) is 0 Å². The summed E-state index contributed by atoms with van der Waals surface area (Å²) in [5.41, 5.74) is 0.997. The summed E-state index contributed by atoms with van der Waals surface area (Å²) in [4.78, 5) is 2.42. The molecular weight excluding hydrogens is 246 g/mol. The zero-order valence-electron chi connectivity index (χ0n) is 12.6. The van der Waals surface area contributed by atoms with Gasteiger partial charge in [0.2, 0.25) is 0 Å². The summed E-state index contributed by atoms with van der Waals surface area (Å²) in [5, 5.41) is 12.8. The number of hydrogen-bond donors (Lipinski definition) is 1. The highest BCUT2D eigenvalue weighted by Gasteiger charge is 2.31. The third-order valence-corrected chi connectivity index (χ3v) is 4.10. The molecule has 2 atom stereocenters. The normalized spacial score (nSPS) is 22.4. The van der Waals surface area contributed by atoms with Gasteiger partial charge < -0.3 is 0 Å². The topological polar surface area (TPSA) is 39.1 Å². The fourth-order valence-corrected chi connectivity index (χ4v) is 2.95. The molecule has 0 bridgehead atoms. The van der Waals surface area contributed by atoms with Gasteiger partial charge in [-0.2, -0.15) is 5.26 Å². The Balaban J connectivity index is 1.91. The fourth-order valence-electron chi connectivity index (χ4n) is 2.95. The SMILES string of the molecule is CCCNC(C)(C#N)CN1CCC(c2ccccc2)C1. The molecule has 1 aliphatic rings. The Morgan fingerprint density at radius 2 is 2.15 bits per heavy atom. The highest BCUT2D eigenvalue weighted by Crippen LogP contribution is 2.27. The van der Waals surface area contributed by atoms with Crippen LogP contribution in [-0.2, 0) is 0 Å². The summed E-state index contributed by atoms with van der Waals surface area (Å²) in [6.07, 6.45) is 2.25. The molecule has 1 fully saturated rings. The molecule has 3 nitrogen and oxygen atoms in total. The Kier molecular flexibility index (Phi) is 5.17. The lowest BCUT2D eigenvalue weighted by Crippen LogP contribution is -2.50. The van der Waals surface area contributed by atoms with E-state index in [1.165, 1.54) is 12.0 Å². The van der Waals surface area contributed by atoms with Crippen molar-refractivity contribution in [2.45, 2.75) is 38.1 Å². The molecule has 0 amide bonds. The average Bonchev–Trinajstić information content (AvgIpc) is 2.94. The number of likely N-dealkylation sites (tertiary alicyclic amines) is 1. The zero-order chi connectivity index (χ0) is 14.4. The maximum Gasteiger partial charge on any atom is 0.116 e. The van der Waals surface area contributed by atoms with E-state index < -0.39 is 5.54 Å². The fraction of sp³-hybridized carbons (Fsp3) is 0.588. The summed E-state index contributed by atoms with van der Waals surface area (Å²) < 4.78 is 0. The first-order chi connectivity index (χ1) is 9.67. The molecule has 1 aliphatic heterocycles. The summed E-state index contributed by atoms with van der Waals surface area (Å²) in [5.74, 6) is 0.616. The lowest BCUT2D eigenvalue weighted by molar-refractivity contribution is 0.259. The first-order valence-electron chi connectivity index (χ1n) is 7.60. The summed E-state index contributed by atoms with van der Waals surface area (Å²) in [7, 11) is 0. The molecule has 0 radical (unpaired) electrons. The Labute approximate surface area is 122 Å². The predicted molar refractivity (Wildman–Crippen MR) is 82.6 cm³/mol. The minimum absolute atomic E-state index is 0.429. The van der Waals surface area contributed by atoms with Gasteiger partial charge in [-0.05, 0) is 44.3 Å². The first-order valence-corrected chi connectivity index (χ1v) is 7.60. The number of benzene rings is 1. The van der Waals surface area contributed by atoms with E-state index in [1.807, 2.05) is 6.92 Å². The highest BCUT2D eigenvalue weighted by molar-refractivity contribution is 5.21. The van der Waals surface area contributed by atoms with Gasteiger partial charge in [-0.3, -0.25) is 10.2 Å². The van der Waals surface area contributed by atoms with E-state index in [2.05, 4.69) is 53.5 Å². The molecule has 0 aromatic heterocycles. The lowest BCUT2D eigenvalue weighted by Gasteiger charge is -2.28. The quantitative estimate of drug-likeness (QED) is 0.864. The summed E-state index contributed by atoms with van der Waals surface area (Å²) in [6.45, 7) is 8.01. The second kappa shape index (κ2) is 6.88. The number of hydrogen-bond acceptors (Lipinski definition) is 3. The Morgan fingerprint density at radius 1 is 1.40 bits per heavy atom.